The van der Waals surface area contributed by atoms with Crippen molar-refractivity contribution >= 4 is 23.4 Å². The summed E-state index contributed by atoms with van der Waals surface area (Å²) in [4.78, 5) is 23.6. The molecule has 0 bridgehead atoms. The lowest BCUT2D eigenvalue weighted by Crippen LogP contribution is -2.32. The normalized spacial score (nSPS) is 16.2. The lowest BCUT2D eigenvalue weighted by molar-refractivity contribution is -0.385. The summed E-state index contributed by atoms with van der Waals surface area (Å²) >= 11 is 1.86. The molecule has 102 valence electrons. The van der Waals surface area contributed by atoms with E-state index in [9.17, 15) is 20.0 Å². The Kier molecular flexibility index (Phi) is 4.39. The van der Waals surface area contributed by atoms with Crippen LogP contribution in [0.4, 0.5) is 5.69 Å². The predicted molar refractivity (Wildman–Crippen MR) is 72.7 cm³/mol. The van der Waals surface area contributed by atoms with Crippen LogP contribution in [0.5, 0.6) is 0 Å². The molecular formula is C12H14N2O4S. The van der Waals surface area contributed by atoms with Crippen molar-refractivity contribution in [2.24, 2.45) is 0 Å². The fourth-order valence-electron chi connectivity index (χ4n) is 2.12. The topological polar surface area (TPSA) is 83.7 Å². The minimum atomic E-state index is -1.24. The largest absolute Gasteiger partial charge is 0.477 e. The zero-order valence-electron chi connectivity index (χ0n) is 10.2. The lowest BCUT2D eigenvalue weighted by Gasteiger charge is -2.26. The van der Waals surface area contributed by atoms with Crippen LogP contribution in [0.2, 0.25) is 0 Å². The molecule has 0 unspecified atom stereocenters. The Morgan fingerprint density at radius 2 is 2.11 bits per heavy atom. The third kappa shape index (κ3) is 3.24. The fourth-order valence-corrected chi connectivity index (χ4v) is 3.10. The van der Waals surface area contributed by atoms with Crippen molar-refractivity contribution in [1.29, 1.82) is 0 Å². The Labute approximate surface area is 114 Å². The van der Waals surface area contributed by atoms with E-state index in [1.807, 2.05) is 11.8 Å². The highest BCUT2D eigenvalue weighted by molar-refractivity contribution is 7.99. The molecule has 1 aromatic carbocycles. The number of carbonyl (C=O) groups is 1. The number of nitro benzene ring substituents is 1. The second kappa shape index (κ2) is 6.03. The van der Waals surface area contributed by atoms with Gasteiger partial charge in [-0.1, -0.05) is 12.1 Å². The van der Waals surface area contributed by atoms with Gasteiger partial charge < -0.3 is 5.11 Å². The minimum Gasteiger partial charge on any atom is -0.477 e. The molecule has 1 aromatic rings. The van der Waals surface area contributed by atoms with Crippen LogP contribution in [0.25, 0.3) is 0 Å². The molecule has 0 atom stereocenters. The number of carboxylic acids is 1. The molecule has 1 saturated heterocycles. The smallest absolute Gasteiger partial charge is 0.343 e. The second-order valence-corrected chi connectivity index (χ2v) is 5.49. The van der Waals surface area contributed by atoms with Gasteiger partial charge in [-0.2, -0.15) is 11.8 Å². The van der Waals surface area contributed by atoms with Crippen LogP contribution in [-0.4, -0.2) is 45.5 Å². The van der Waals surface area contributed by atoms with Gasteiger partial charge in [0.15, 0.2) is 0 Å². The zero-order chi connectivity index (χ0) is 13.8. The van der Waals surface area contributed by atoms with Gasteiger partial charge in [-0.3, -0.25) is 15.0 Å². The average Bonchev–Trinajstić information content (AvgIpc) is 2.39. The van der Waals surface area contributed by atoms with Crippen molar-refractivity contribution in [3.8, 4) is 0 Å². The Balaban J connectivity index is 2.30. The monoisotopic (exact) mass is 282 g/mol. The number of benzene rings is 1. The van der Waals surface area contributed by atoms with Gasteiger partial charge in [-0.25, -0.2) is 4.79 Å². The number of thioether (sulfide) groups is 1. The molecule has 0 aliphatic carbocycles. The number of carboxylic acid groups (broad SMARTS) is 1. The molecule has 2 rings (SSSR count). The second-order valence-electron chi connectivity index (χ2n) is 4.26. The van der Waals surface area contributed by atoms with E-state index in [1.165, 1.54) is 6.07 Å². The van der Waals surface area contributed by atoms with Crippen molar-refractivity contribution in [1.82, 2.24) is 4.90 Å². The van der Waals surface area contributed by atoms with Crippen LogP contribution in [-0.2, 0) is 6.54 Å². The summed E-state index contributed by atoms with van der Waals surface area (Å²) in [7, 11) is 0. The molecule has 1 fully saturated rings. The summed E-state index contributed by atoms with van der Waals surface area (Å²) in [6.07, 6.45) is 0. The van der Waals surface area contributed by atoms with E-state index < -0.39 is 10.9 Å². The first kappa shape index (κ1) is 13.8. The molecule has 1 N–H and O–H groups in total. The molecule has 1 heterocycles. The lowest BCUT2D eigenvalue weighted by atomic mass is 10.0. The SMILES string of the molecule is O=C(O)c1c(CN2CCSCC2)cccc1[N+](=O)[O-]. The van der Waals surface area contributed by atoms with Gasteiger partial charge in [-0.15, -0.1) is 0 Å². The van der Waals surface area contributed by atoms with Crippen molar-refractivity contribution in [3.05, 3.63) is 39.4 Å². The van der Waals surface area contributed by atoms with Gasteiger partial charge in [-0.05, 0) is 5.56 Å². The molecule has 1 aliphatic rings. The quantitative estimate of drug-likeness (QED) is 0.670. The van der Waals surface area contributed by atoms with Gasteiger partial charge in [0.25, 0.3) is 5.69 Å². The van der Waals surface area contributed by atoms with Crippen LogP contribution in [0, 0.1) is 10.1 Å². The highest BCUT2D eigenvalue weighted by atomic mass is 32.2. The van der Waals surface area contributed by atoms with E-state index in [0.717, 1.165) is 24.6 Å². The van der Waals surface area contributed by atoms with E-state index in [-0.39, 0.29) is 11.3 Å². The van der Waals surface area contributed by atoms with Crippen LogP contribution >= 0.6 is 11.8 Å². The summed E-state index contributed by atoms with van der Waals surface area (Å²) in [5.41, 5.74) is -0.0179. The molecule has 0 saturated carbocycles. The van der Waals surface area contributed by atoms with E-state index in [0.29, 0.717) is 12.1 Å². The van der Waals surface area contributed by atoms with Gasteiger partial charge in [0, 0.05) is 37.2 Å². The molecule has 0 radical (unpaired) electrons. The number of hydrogen-bond donors (Lipinski definition) is 1. The molecule has 1 aliphatic heterocycles. The minimum absolute atomic E-state index is 0.189. The predicted octanol–water partition coefficient (Wildman–Crippen LogP) is 1.84. The fraction of sp³-hybridized carbons (Fsp3) is 0.417. The average molecular weight is 282 g/mol. The van der Waals surface area contributed by atoms with E-state index in [4.69, 9.17) is 0 Å². The van der Waals surface area contributed by atoms with Crippen LogP contribution < -0.4 is 0 Å². The Morgan fingerprint density at radius 1 is 1.42 bits per heavy atom. The van der Waals surface area contributed by atoms with Crippen LogP contribution in [0.3, 0.4) is 0 Å². The van der Waals surface area contributed by atoms with Gasteiger partial charge >= 0.3 is 5.97 Å². The first-order chi connectivity index (χ1) is 9.09. The Morgan fingerprint density at radius 3 is 2.68 bits per heavy atom. The summed E-state index contributed by atoms with van der Waals surface area (Å²) < 4.78 is 0. The van der Waals surface area contributed by atoms with Crippen LogP contribution in [0.1, 0.15) is 15.9 Å². The van der Waals surface area contributed by atoms with Crippen LogP contribution in [0.15, 0.2) is 18.2 Å². The van der Waals surface area contributed by atoms with Gasteiger partial charge in [0.2, 0.25) is 0 Å². The standard InChI is InChI=1S/C12H14N2O4S/c15-12(16)11-9(2-1-3-10(11)14(17)18)8-13-4-6-19-7-5-13/h1-3H,4-8H2,(H,15,16). The Hall–Kier alpha value is -1.60. The third-order valence-electron chi connectivity index (χ3n) is 3.04. The van der Waals surface area contributed by atoms with Crippen molar-refractivity contribution in [2.45, 2.75) is 6.54 Å². The zero-order valence-corrected chi connectivity index (χ0v) is 11.1. The highest BCUT2D eigenvalue weighted by Gasteiger charge is 2.24. The summed E-state index contributed by atoms with van der Waals surface area (Å²) in [6.45, 7) is 2.21. The maximum absolute atomic E-state index is 11.3. The third-order valence-corrected chi connectivity index (χ3v) is 3.98. The highest BCUT2D eigenvalue weighted by Crippen LogP contribution is 2.24. The number of hydrogen-bond acceptors (Lipinski definition) is 5. The van der Waals surface area contributed by atoms with Crippen molar-refractivity contribution in [2.75, 3.05) is 24.6 Å². The summed E-state index contributed by atoms with van der Waals surface area (Å²) in [5, 5.41) is 20.1. The first-order valence-electron chi connectivity index (χ1n) is 5.89. The molecule has 7 heteroatoms. The molecule has 0 aromatic heterocycles. The first-order valence-corrected chi connectivity index (χ1v) is 7.04. The Bertz CT molecular complexity index is 501. The van der Waals surface area contributed by atoms with Gasteiger partial charge in [0.1, 0.15) is 5.56 Å². The van der Waals surface area contributed by atoms with E-state index in [1.54, 1.807) is 12.1 Å². The van der Waals surface area contributed by atoms with E-state index >= 15 is 0 Å². The van der Waals surface area contributed by atoms with Crippen molar-refractivity contribution < 1.29 is 14.8 Å². The number of rotatable bonds is 4. The van der Waals surface area contributed by atoms with E-state index in [2.05, 4.69) is 4.90 Å². The molecule has 0 spiro atoms. The van der Waals surface area contributed by atoms with Crippen molar-refractivity contribution in [3.63, 3.8) is 0 Å². The number of aromatic carboxylic acids is 1. The number of nitrogens with zero attached hydrogens (tertiary/aromatic N) is 2. The summed E-state index contributed by atoms with van der Waals surface area (Å²) in [5.74, 6) is 0.781. The molecule has 6 nitrogen and oxygen atoms in total. The molecule has 0 amide bonds. The molecular weight excluding hydrogens is 268 g/mol. The number of nitro groups is 1. The maximum Gasteiger partial charge on any atom is 0.343 e. The van der Waals surface area contributed by atoms with Gasteiger partial charge in [0.05, 0.1) is 4.92 Å². The maximum atomic E-state index is 11.3. The molecule has 19 heavy (non-hydrogen) atoms. The summed E-state index contributed by atoms with van der Waals surface area (Å²) in [6, 6.07) is 4.43.